The minimum atomic E-state index is -0.155. The normalized spacial score (nSPS) is 10.4. The molecule has 0 aromatic heterocycles. The molecule has 3 aromatic carbocycles. The van der Waals surface area contributed by atoms with E-state index in [0.717, 1.165) is 34.4 Å². The Hall–Kier alpha value is -3.59. The molecule has 0 unspecified atom stereocenters. The summed E-state index contributed by atoms with van der Waals surface area (Å²) in [6.45, 7) is 19.6. The second-order valence-corrected chi connectivity index (χ2v) is 10.00. The monoisotopic (exact) mass is 557 g/mol. The fraction of sp³-hybridized carbons (Fsp3) is 0.368. The van der Waals surface area contributed by atoms with Crippen LogP contribution in [0.3, 0.4) is 0 Å². The lowest BCUT2D eigenvalue weighted by molar-refractivity contribution is 0.101. The molecule has 0 fully saturated rings. The minimum Gasteiger partial charge on any atom is -0.295 e. The Bertz CT molecular complexity index is 1190. The average Bonchev–Trinajstić information content (AvgIpc) is 2.97. The number of hydrogen-bond donors (Lipinski definition) is 0. The summed E-state index contributed by atoms with van der Waals surface area (Å²) in [5.74, 6) is -0.0484. The van der Waals surface area contributed by atoms with Crippen molar-refractivity contribution in [1.29, 1.82) is 0 Å². The number of benzene rings is 3. The highest BCUT2D eigenvalue weighted by atomic mass is 19.1. The van der Waals surface area contributed by atoms with Gasteiger partial charge in [-0.3, -0.25) is 9.79 Å². The lowest BCUT2D eigenvalue weighted by Gasteiger charge is -2.01. The van der Waals surface area contributed by atoms with Crippen LogP contribution in [0.2, 0.25) is 0 Å². The third-order valence-corrected chi connectivity index (χ3v) is 6.30. The van der Waals surface area contributed by atoms with Crippen LogP contribution in [-0.4, -0.2) is 12.0 Å². The van der Waals surface area contributed by atoms with Crippen molar-refractivity contribution in [1.82, 2.24) is 0 Å². The zero-order valence-electron chi connectivity index (χ0n) is 26.8. The molecule has 0 bridgehead atoms. The molecule has 0 aliphatic heterocycles. The predicted octanol–water partition coefficient (Wildman–Crippen LogP) is 11.9. The van der Waals surface area contributed by atoms with Gasteiger partial charge in [0.1, 0.15) is 5.82 Å². The number of nitrogens with zero attached hydrogens (tertiary/aromatic N) is 1. The van der Waals surface area contributed by atoms with Crippen molar-refractivity contribution in [3.8, 4) is 11.1 Å². The molecule has 41 heavy (non-hydrogen) atoms. The summed E-state index contributed by atoms with van der Waals surface area (Å²) in [6.07, 6.45) is 12.0. The van der Waals surface area contributed by atoms with Crippen LogP contribution in [0.25, 0.3) is 11.1 Å². The number of carbonyl (C=O) groups excluding carboxylic acids is 1. The van der Waals surface area contributed by atoms with Gasteiger partial charge in [0.2, 0.25) is 0 Å². The number of allylic oxidation sites excluding steroid dienone is 3. The van der Waals surface area contributed by atoms with Crippen LogP contribution in [0.4, 0.5) is 4.39 Å². The third-order valence-electron chi connectivity index (χ3n) is 6.30. The zero-order valence-corrected chi connectivity index (χ0v) is 26.8. The summed E-state index contributed by atoms with van der Waals surface area (Å²) in [6, 6.07) is 22.6. The smallest absolute Gasteiger partial charge is 0.159 e. The van der Waals surface area contributed by atoms with E-state index >= 15 is 0 Å². The van der Waals surface area contributed by atoms with Gasteiger partial charge in [-0.05, 0) is 81.0 Å². The maximum Gasteiger partial charge on any atom is 0.159 e. The molecular formula is C38H52FNO. The molecule has 3 heteroatoms. The van der Waals surface area contributed by atoms with Crippen molar-refractivity contribution < 1.29 is 9.18 Å². The molecule has 0 aliphatic carbocycles. The van der Waals surface area contributed by atoms with Gasteiger partial charge in [-0.15, -0.1) is 0 Å². The molecule has 0 atom stereocenters. The molecule has 3 aromatic rings. The van der Waals surface area contributed by atoms with Crippen LogP contribution in [0.1, 0.15) is 102 Å². The summed E-state index contributed by atoms with van der Waals surface area (Å²) in [5.41, 5.74) is 7.32. The Balaban J connectivity index is 0.000000545. The SMILES string of the molecule is C=C(C)N=C/C(=C\C)CC.CC(=O)c1ccc(-c2ccccc2)cc1.CCCCCCC.Cc1ccc(F)cc1C. The minimum absolute atomic E-state index is 0.106. The molecule has 0 saturated heterocycles. The molecule has 0 saturated carbocycles. The van der Waals surface area contributed by atoms with Gasteiger partial charge in [0.15, 0.2) is 5.78 Å². The molecule has 0 amide bonds. The summed E-state index contributed by atoms with van der Waals surface area (Å²) in [7, 11) is 0. The molecule has 3 rings (SSSR count). The third kappa shape index (κ3) is 18.4. The van der Waals surface area contributed by atoms with Gasteiger partial charge in [-0.25, -0.2) is 4.39 Å². The first kappa shape index (κ1) is 37.4. The van der Waals surface area contributed by atoms with Crippen LogP contribution in [0.15, 0.2) is 102 Å². The molecule has 2 nitrogen and oxygen atoms in total. The highest BCUT2D eigenvalue weighted by Gasteiger charge is 2.00. The number of aliphatic imine (C=N–C) groups is 1. The first-order chi connectivity index (χ1) is 19.6. The summed E-state index contributed by atoms with van der Waals surface area (Å²) < 4.78 is 12.3. The van der Waals surface area contributed by atoms with Gasteiger partial charge in [0.25, 0.3) is 0 Å². The van der Waals surface area contributed by atoms with Gasteiger partial charge < -0.3 is 0 Å². The number of carbonyl (C=O) groups is 1. The summed E-state index contributed by atoms with van der Waals surface area (Å²) >= 11 is 0. The van der Waals surface area contributed by atoms with Gasteiger partial charge >= 0.3 is 0 Å². The number of aryl methyl sites for hydroxylation is 2. The van der Waals surface area contributed by atoms with Crippen molar-refractivity contribution in [3.63, 3.8) is 0 Å². The molecule has 0 spiro atoms. The number of Topliss-reactive ketones (excluding diaryl/α,β-unsaturated/α-hetero) is 1. The van der Waals surface area contributed by atoms with Crippen LogP contribution in [0.5, 0.6) is 0 Å². The fourth-order valence-corrected chi connectivity index (χ4v) is 3.47. The molecular weight excluding hydrogens is 505 g/mol. The summed E-state index contributed by atoms with van der Waals surface area (Å²) in [5, 5.41) is 0. The quantitative estimate of drug-likeness (QED) is 0.146. The van der Waals surface area contributed by atoms with E-state index in [1.165, 1.54) is 55.4 Å². The second kappa shape index (κ2) is 23.1. The maximum absolute atomic E-state index is 12.3. The van der Waals surface area contributed by atoms with E-state index in [4.69, 9.17) is 0 Å². The van der Waals surface area contributed by atoms with Gasteiger partial charge in [0, 0.05) is 17.5 Å². The van der Waals surface area contributed by atoms with Crippen LogP contribution in [-0.2, 0) is 0 Å². The van der Waals surface area contributed by atoms with Crippen molar-refractivity contribution in [3.05, 3.63) is 119 Å². The Morgan fingerprint density at radius 1 is 0.805 bits per heavy atom. The molecule has 0 aliphatic rings. The molecule has 0 N–H and O–H groups in total. The Kier molecular flexibility index (Phi) is 21.1. The zero-order chi connectivity index (χ0) is 31.0. The van der Waals surface area contributed by atoms with Crippen molar-refractivity contribution in [2.45, 2.75) is 93.9 Å². The lowest BCUT2D eigenvalue weighted by Crippen LogP contribution is -1.90. The van der Waals surface area contributed by atoms with E-state index in [1.807, 2.05) is 76.4 Å². The van der Waals surface area contributed by atoms with Gasteiger partial charge in [-0.1, -0.05) is 126 Å². The largest absolute Gasteiger partial charge is 0.295 e. The molecule has 222 valence electrons. The van der Waals surface area contributed by atoms with Crippen LogP contribution < -0.4 is 0 Å². The number of ketones is 1. The highest BCUT2D eigenvalue weighted by Crippen LogP contribution is 2.19. The molecule has 0 heterocycles. The summed E-state index contributed by atoms with van der Waals surface area (Å²) in [4.78, 5) is 15.2. The molecule has 0 radical (unpaired) electrons. The first-order valence-electron chi connectivity index (χ1n) is 14.8. The first-order valence-corrected chi connectivity index (χ1v) is 14.8. The number of hydrogen-bond acceptors (Lipinski definition) is 2. The maximum atomic E-state index is 12.3. The standard InChI is InChI=1S/C14H12O.C9H15N.C8H9F.C7H16/c1-11(15)12-7-9-14(10-8-12)13-5-3-2-4-6-13;1-5-9(6-2)7-10-8(3)4;1-6-3-4-8(9)5-7(6)2;1-3-5-7-6-4-2/h2-10H,1H3;5,7H,3,6H2,1-2,4H3;3-5H,1-2H3;3-7H2,1-2H3/b;9-5-,10-7?;;. The van der Waals surface area contributed by atoms with E-state index in [-0.39, 0.29) is 11.6 Å². The topological polar surface area (TPSA) is 29.4 Å². The van der Waals surface area contributed by atoms with E-state index in [1.54, 1.807) is 13.0 Å². The van der Waals surface area contributed by atoms with Crippen molar-refractivity contribution >= 4 is 12.0 Å². The average molecular weight is 558 g/mol. The van der Waals surface area contributed by atoms with E-state index in [0.29, 0.717) is 0 Å². The van der Waals surface area contributed by atoms with Crippen LogP contribution >= 0.6 is 0 Å². The van der Waals surface area contributed by atoms with E-state index < -0.39 is 0 Å². The number of unbranched alkanes of at least 4 members (excludes halogenated alkanes) is 4. The van der Waals surface area contributed by atoms with E-state index in [2.05, 4.69) is 50.6 Å². The second-order valence-electron chi connectivity index (χ2n) is 10.00. The van der Waals surface area contributed by atoms with Crippen molar-refractivity contribution in [2.24, 2.45) is 4.99 Å². The Labute approximate surface area is 250 Å². The fourth-order valence-electron chi connectivity index (χ4n) is 3.47. The lowest BCUT2D eigenvalue weighted by atomic mass is 10.0. The number of halogens is 1. The Morgan fingerprint density at radius 3 is 1.78 bits per heavy atom. The Morgan fingerprint density at radius 2 is 1.37 bits per heavy atom. The van der Waals surface area contributed by atoms with Crippen LogP contribution in [0, 0.1) is 19.7 Å². The van der Waals surface area contributed by atoms with Gasteiger partial charge in [0.05, 0.1) is 0 Å². The predicted molar refractivity (Wildman–Crippen MR) is 180 cm³/mol. The van der Waals surface area contributed by atoms with E-state index in [9.17, 15) is 9.18 Å². The van der Waals surface area contributed by atoms with Crippen molar-refractivity contribution in [2.75, 3.05) is 0 Å². The van der Waals surface area contributed by atoms with Gasteiger partial charge in [-0.2, -0.15) is 0 Å². The number of rotatable bonds is 9. The highest BCUT2D eigenvalue weighted by molar-refractivity contribution is 5.94.